The van der Waals surface area contributed by atoms with Gasteiger partial charge in [0.25, 0.3) is 0 Å². The molecule has 0 amide bonds. The summed E-state index contributed by atoms with van der Waals surface area (Å²) >= 11 is 5.35. The Kier molecular flexibility index (Phi) is 5.62. The van der Waals surface area contributed by atoms with Crippen molar-refractivity contribution < 1.29 is 4.42 Å². The van der Waals surface area contributed by atoms with Crippen molar-refractivity contribution in [3.05, 3.63) is 60.1 Å². The second kappa shape index (κ2) is 7.70. The average molecular weight is 288 g/mol. The third-order valence-electron chi connectivity index (χ3n) is 3.05. The fourth-order valence-electron chi connectivity index (χ4n) is 1.98. The predicted molar refractivity (Wildman–Crippen MR) is 85.6 cm³/mol. The smallest absolute Gasteiger partial charge is 0.167 e. The Morgan fingerprint density at radius 2 is 2.00 bits per heavy atom. The topological polar surface area (TPSA) is 37.2 Å². The van der Waals surface area contributed by atoms with Crippen LogP contribution in [-0.2, 0) is 0 Å². The van der Waals surface area contributed by atoms with E-state index < -0.39 is 0 Å². The van der Waals surface area contributed by atoms with Crippen LogP contribution in [0.1, 0.15) is 37.1 Å². The van der Waals surface area contributed by atoms with Gasteiger partial charge in [-0.2, -0.15) is 0 Å². The Morgan fingerprint density at radius 1 is 1.20 bits per heavy atom. The van der Waals surface area contributed by atoms with Crippen LogP contribution in [-0.4, -0.2) is 11.7 Å². The van der Waals surface area contributed by atoms with Gasteiger partial charge < -0.3 is 15.1 Å². The monoisotopic (exact) mass is 288 g/mol. The van der Waals surface area contributed by atoms with Crippen molar-refractivity contribution in [1.29, 1.82) is 0 Å². The highest BCUT2D eigenvalue weighted by Crippen LogP contribution is 2.22. The molecule has 0 aliphatic rings. The normalized spacial score (nSPS) is 11.8. The molecule has 1 aromatic heterocycles. The van der Waals surface area contributed by atoms with Crippen molar-refractivity contribution >= 4 is 17.3 Å². The van der Waals surface area contributed by atoms with E-state index in [1.54, 1.807) is 6.26 Å². The number of hydrogen-bond donors (Lipinski definition) is 2. The minimum atomic E-state index is -0.0622. The molecule has 20 heavy (non-hydrogen) atoms. The molecule has 0 bridgehead atoms. The summed E-state index contributed by atoms with van der Waals surface area (Å²) in [5, 5.41) is 7.20. The van der Waals surface area contributed by atoms with Gasteiger partial charge in [-0.15, -0.1) is 0 Å². The van der Waals surface area contributed by atoms with Crippen molar-refractivity contribution in [2.24, 2.45) is 0 Å². The largest absolute Gasteiger partial charge is 0.467 e. The molecule has 2 rings (SSSR count). The molecule has 1 atom stereocenters. The Bertz CT molecular complexity index is 511. The number of furan rings is 1. The van der Waals surface area contributed by atoms with Crippen molar-refractivity contribution in [2.45, 2.75) is 25.8 Å². The third-order valence-corrected chi connectivity index (χ3v) is 3.31. The lowest BCUT2D eigenvalue weighted by atomic mass is 10.1. The van der Waals surface area contributed by atoms with E-state index in [9.17, 15) is 0 Å². The molecule has 2 N–H and O–H groups in total. The SMILES string of the molecule is CCCCNC(=S)N[C@@H](c1ccccc1)c1ccco1. The van der Waals surface area contributed by atoms with Crippen molar-refractivity contribution in [3.8, 4) is 0 Å². The van der Waals surface area contributed by atoms with Gasteiger partial charge in [0.1, 0.15) is 11.8 Å². The van der Waals surface area contributed by atoms with Crippen molar-refractivity contribution in [1.82, 2.24) is 10.6 Å². The molecule has 2 aromatic rings. The minimum absolute atomic E-state index is 0.0622. The van der Waals surface area contributed by atoms with Gasteiger partial charge >= 0.3 is 0 Å². The molecule has 0 spiro atoms. The molecular formula is C16H20N2OS. The molecule has 4 heteroatoms. The van der Waals surface area contributed by atoms with Crippen molar-refractivity contribution in [3.63, 3.8) is 0 Å². The standard InChI is InChI=1S/C16H20N2OS/c1-2-3-11-17-16(20)18-15(14-10-7-12-19-14)13-8-5-4-6-9-13/h4-10,12,15H,2-3,11H2,1H3,(H2,17,18,20)/t15-/m0/s1. The van der Waals surface area contributed by atoms with Gasteiger partial charge in [-0.05, 0) is 36.3 Å². The maximum atomic E-state index is 5.53. The number of nitrogens with one attached hydrogen (secondary N) is 2. The van der Waals surface area contributed by atoms with Gasteiger partial charge in [0.05, 0.1) is 6.26 Å². The summed E-state index contributed by atoms with van der Waals surface area (Å²) in [6.07, 6.45) is 3.94. The van der Waals surface area contributed by atoms with E-state index in [1.165, 1.54) is 0 Å². The van der Waals surface area contributed by atoms with Gasteiger partial charge in [-0.1, -0.05) is 43.7 Å². The molecule has 3 nitrogen and oxygen atoms in total. The Hall–Kier alpha value is -1.81. The highest BCUT2D eigenvalue weighted by atomic mass is 32.1. The lowest BCUT2D eigenvalue weighted by Gasteiger charge is -2.19. The summed E-state index contributed by atoms with van der Waals surface area (Å²) in [5.41, 5.74) is 1.13. The second-order valence-electron chi connectivity index (χ2n) is 4.61. The number of rotatable bonds is 6. The highest BCUT2D eigenvalue weighted by Gasteiger charge is 2.17. The maximum absolute atomic E-state index is 5.53. The Morgan fingerprint density at radius 3 is 2.65 bits per heavy atom. The second-order valence-corrected chi connectivity index (χ2v) is 5.02. The van der Waals surface area contributed by atoms with Gasteiger partial charge in [-0.3, -0.25) is 0 Å². The van der Waals surface area contributed by atoms with E-state index in [1.807, 2.05) is 30.3 Å². The molecule has 0 saturated heterocycles. The van der Waals surface area contributed by atoms with Gasteiger partial charge in [0.15, 0.2) is 5.11 Å². The van der Waals surface area contributed by atoms with Crippen LogP contribution in [0.5, 0.6) is 0 Å². The molecule has 0 aliphatic heterocycles. The lowest BCUT2D eigenvalue weighted by molar-refractivity contribution is 0.474. The summed E-state index contributed by atoms with van der Waals surface area (Å²) in [4.78, 5) is 0. The zero-order valence-electron chi connectivity index (χ0n) is 11.6. The van der Waals surface area contributed by atoms with Crippen LogP contribution in [0.25, 0.3) is 0 Å². The van der Waals surface area contributed by atoms with E-state index in [0.29, 0.717) is 5.11 Å². The zero-order valence-corrected chi connectivity index (χ0v) is 12.5. The van der Waals surface area contributed by atoms with Crippen LogP contribution in [0.15, 0.2) is 53.1 Å². The molecule has 1 aromatic carbocycles. The molecule has 0 saturated carbocycles. The van der Waals surface area contributed by atoms with Gasteiger partial charge in [0.2, 0.25) is 0 Å². The molecule has 0 aliphatic carbocycles. The fourth-order valence-corrected chi connectivity index (χ4v) is 2.20. The highest BCUT2D eigenvalue weighted by molar-refractivity contribution is 7.80. The first-order valence-corrected chi connectivity index (χ1v) is 7.34. The van der Waals surface area contributed by atoms with Crippen LogP contribution in [0, 0.1) is 0 Å². The maximum Gasteiger partial charge on any atom is 0.167 e. The quantitative estimate of drug-likeness (QED) is 0.629. The number of hydrogen-bond acceptors (Lipinski definition) is 2. The molecule has 0 fully saturated rings. The van der Waals surface area contributed by atoms with Crippen LogP contribution in [0.2, 0.25) is 0 Å². The van der Waals surface area contributed by atoms with Crippen LogP contribution in [0.3, 0.4) is 0 Å². The predicted octanol–water partition coefficient (Wildman–Crippen LogP) is 3.63. The summed E-state index contributed by atoms with van der Waals surface area (Å²) in [6, 6.07) is 13.9. The summed E-state index contributed by atoms with van der Waals surface area (Å²) in [5.74, 6) is 0.857. The summed E-state index contributed by atoms with van der Waals surface area (Å²) in [7, 11) is 0. The summed E-state index contributed by atoms with van der Waals surface area (Å²) < 4.78 is 5.53. The van der Waals surface area contributed by atoms with Gasteiger partial charge in [-0.25, -0.2) is 0 Å². The first-order chi connectivity index (χ1) is 9.81. The van der Waals surface area contributed by atoms with E-state index >= 15 is 0 Å². The zero-order chi connectivity index (χ0) is 14.2. The molecule has 0 unspecified atom stereocenters. The first-order valence-electron chi connectivity index (χ1n) is 6.94. The Labute approximate surface area is 125 Å². The summed E-state index contributed by atoms with van der Waals surface area (Å²) in [6.45, 7) is 3.05. The number of benzene rings is 1. The molecule has 106 valence electrons. The number of thiocarbonyl (C=S) groups is 1. The number of unbranched alkanes of at least 4 members (excludes halogenated alkanes) is 1. The van der Waals surface area contributed by atoms with E-state index in [2.05, 4.69) is 29.7 Å². The minimum Gasteiger partial charge on any atom is -0.467 e. The average Bonchev–Trinajstić information content (AvgIpc) is 3.00. The van der Waals surface area contributed by atoms with E-state index in [-0.39, 0.29) is 6.04 Å². The molecule has 0 radical (unpaired) electrons. The lowest BCUT2D eigenvalue weighted by Crippen LogP contribution is -2.38. The van der Waals surface area contributed by atoms with Crippen LogP contribution < -0.4 is 10.6 Å². The van der Waals surface area contributed by atoms with Crippen molar-refractivity contribution in [2.75, 3.05) is 6.54 Å². The first kappa shape index (κ1) is 14.6. The van der Waals surface area contributed by atoms with E-state index in [4.69, 9.17) is 16.6 Å². The van der Waals surface area contributed by atoms with Gasteiger partial charge in [0, 0.05) is 6.54 Å². The van der Waals surface area contributed by atoms with Crippen LogP contribution in [0.4, 0.5) is 0 Å². The third kappa shape index (κ3) is 4.10. The van der Waals surface area contributed by atoms with Crippen LogP contribution >= 0.6 is 12.2 Å². The molecular weight excluding hydrogens is 268 g/mol. The molecule has 1 heterocycles. The Balaban J connectivity index is 2.06. The fraction of sp³-hybridized carbons (Fsp3) is 0.312. The van der Waals surface area contributed by atoms with E-state index in [0.717, 1.165) is 30.7 Å².